The molecule has 0 bridgehead atoms. The number of aromatic nitrogens is 4. The molecule has 0 aliphatic heterocycles. The first-order valence-electron chi connectivity index (χ1n) is 5.16. The highest BCUT2D eigenvalue weighted by Gasteiger charge is 2.15. The second-order valence-electron chi connectivity index (χ2n) is 3.66. The molecule has 0 radical (unpaired) electrons. The van der Waals surface area contributed by atoms with Gasteiger partial charge in [0.05, 0.1) is 5.69 Å². The van der Waals surface area contributed by atoms with E-state index in [-0.39, 0.29) is 5.75 Å². The molecule has 0 aliphatic carbocycles. The standard InChI is InChI=1S/C11H8N4O2S/c1-6-9(18-15-13-6)11-12-10(14-17-11)7-3-2-4-8(16)5-7/h2-5,16H,1H3. The Morgan fingerprint density at radius 2 is 2.22 bits per heavy atom. The van der Waals surface area contributed by atoms with Crippen molar-refractivity contribution in [1.29, 1.82) is 0 Å². The highest BCUT2D eigenvalue weighted by Crippen LogP contribution is 2.27. The number of aromatic hydroxyl groups is 1. The van der Waals surface area contributed by atoms with Crippen molar-refractivity contribution >= 4 is 11.5 Å². The first kappa shape index (κ1) is 10.8. The molecule has 0 saturated carbocycles. The Hall–Kier alpha value is -2.28. The zero-order chi connectivity index (χ0) is 12.5. The predicted molar refractivity (Wildman–Crippen MR) is 65.0 cm³/mol. The summed E-state index contributed by atoms with van der Waals surface area (Å²) in [7, 11) is 0. The molecular formula is C11H8N4O2S. The van der Waals surface area contributed by atoms with Crippen LogP contribution in [0.1, 0.15) is 5.69 Å². The second kappa shape index (κ2) is 4.19. The molecule has 0 spiro atoms. The number of rotatable bonds is 2. The van der Waals surface area contributed by atoms with Crippen LogP contribution < -0.4 is 0 Å². The summed E-state index contributed by atoms with van der Waals surface area (Å²) in [6.45, 7) is 1.83. The normalized spacial score (nSPS) is 10.7. The van der Waals surface area contributed by atoms with Crippen molar-refractivity contribution in [2.75, 3.05) is 0 Å². The van der Waals surface area contributed by atoms with Crippen molar-refractivity contribution in [1.82, 2.24) is 19.7 Å². The van der Waals surface area contributed by atoms with E-state index < -0.39 is 0 Å². The monoisotopic (exact) mass is 260 g/mol. The molecule has 6 nitrogen and oxygen atoms in total. The maximum atomic E-state index is 9.41. The summed E-state index contributed by atoms with van der Waals surface area (Å²) in [6.07, 6.45) is 0. The van der Waals surface area contributed by atoms with Crippen LogP contribution in [0.15, 0.2) is 28.8 Å². The summed E-state index contributed by atoms with van der Waals surface area (Å²) >= 11 is 1.21. The maximum Gasteiger partial charge on any atom is 0.271 e. The first-order valence-corrected chi connectivity index (χ1v) is 5.94. The van der Waals surface area contributed by atoms with E-state index >= 15 is 0 Å². The van der Waals surface area contributed by atoms with Crippen LogP contribution in [-0.4, -0.2) is 24.8 Å². The van der Waals surface area contributed by atoms with E-state index in [1.165, 1.54) is 11.5 Å². The van der Waals surface area contributed by atoms with Gasteiger partial charge in [0.2, 0.25) is 5.82 Å². The van der Waals surface area contributed by atoms with Gasteiger partial charge in [0.25, 0.3) is 5.89 Å². The third-order valence-electron chi connectivity index (χ3n) is 2.38. The molecule has 2 aromatic heterocycles. The minimum Gasteiger partial charge on any atom is -0.508 e. The van der Waals surface area contributed by atoms with Gasteiger partial charge in [-0.2, -0.15) is 4.98 Å². The Labute approximate surface area is 106 Å². The van der Waals surface area contributed by atoms with Crippen LogP contribution in [-0.2, 0) is 0 Å². The molecule has 90 valence electrons. The molecule has 7 heteroatoms. The van der Waals surface area contributed by atoms with Crippen LogP contribution in [0.4, 0.5) is 0 Å². The Balaban J connectivity index is 2.02. The quantitative estimate of drug-likeness (QED) is 0.760. The molecule has 0 amide bonds. The minimum atomic E-state index is 0.162. The van der Waals surface area contributed by atoms with E-state index in [9.17, 15) is 5.11 Å². The van der Waals surface area contributed by atoms with Crippen LogP contribution in [0.25, 0.3) is 22.2 Å². The van der Waals surface area contributed by atoms with Gasteiger partial charge in [-0.15, -0.1) is 5.10 Å². The number of hydrogen-bond acceptors (Lipinski definition) is 7. The van der Waals surface area contributed by atoms with Crippen molar-refractivity contribution in [3.8, 4) is 27.9 Å². The molecule has 1 aromatic carbocycles. The summed E-state index contributed by atoms with van der Waals surface area (Å²) in [5, 5.41) is 17.2. The molecule has 3 rings (SSSR count). The predicted octanol–water partition coefficient (Wildman–Crippen LogP) is 2.27. The van der Waals surface area contributed by atoms with Crippen molar-refractivity contribution in [3.05, 3.63) is 30.0 Å². The van der Waals surface area contributed by atoms with E-state index in [0.29, 0.717) is 17.3 Å². The number of benzene rings is 1. The lowest BCUT2D eigenvalue weighted by Gasteiger charge is -1.94. The molecule has 0 aliphatic rings. The van der Waals surface area contributed by atoms with Crippen molar-refractivity contribution in [2.24, 2.45) is 0 Å². The number of aryl methyl sites for hydroxylation is 1. The number of phenolic OH excluding ortho intramolecular Hbond substituents is 1. The van der Waals surface area contributed by atoms with Crippen LogP contribution in [0.3, 0.4) is 0 Å². The Morgan fingerprint density at radius 3 is 2.94 bits per heavy atom. The molecule has 1 N–H and O–H groups in total. The van der Waals surface area contributed by atoms with E-state index in [1.54, 1.807) is 24.3 Å². The van der Waals surface area contributed by atoms with Crippen LogP contribution in [0, 0.1) is 6.92 Å². The van der Waals surface area contributed by atoms with Gasteiger partial charge in [-0.3, -0.25) is 0 Å². The number of nitrogens with zero attached hydrogens (tertiary/aromatic N) is 4. The lowest BCUT2D eigenvalue weighted by atomic mass is 10.2. The van der Waals surface area contributed by atoms with E-state index in [0.717, 1.165) is 10.6 Å². The Bertz CT molecular complexity index is 692. The van der Waals surface area contributed by atoms with Gasteiger partial charge in [-0.1, -0.05) is 21.8 Å². The van der Waals surface area contributed by atoms with Crippen molar-refractivity contribution in [3.63, 3.8) is 0 Å². The third kappa shape index (κ3) is 1.84. The highest BCUT2D eigenvalue weighted by molar-refractivity contribution is 7.09. The van der Waals surface area contributed by atoms with Gasteiger partial charge in [0, 0.05) is 5.56 Å². The number of phenols is 1. The summed E-state index contributed by atoms with van der Waals surface area (Å²) in [5.41, 5.74) is 1.45. The van der Waals surface area contributed by atoms with E-state index in [2.05, 4.69) is 19.7 Å². The fourth-order valence-corrected chi connectivity index (χ4v) is 2.08. The molecule has 0 fully saturated rings. The smallest absolute Gasteiger partial charge is 0.271 e. The average molecular weight is 260 g/mol. The summed E-state index contributed by atoms with van der Waals surface area (Å²) < 4.78 is 8.99. The highest BCUT2D eigenvalue weighted by atomic mass is 32.1. The maximum absolute atomic E-state index is 9.41. The van der Waals surface area contributed by atoms with Gasteiger partial charge in [0.1, 0.15) is 10.6 Å². The molecule has 0 saturated heterocycles. The Kier molecular flexibility index (Phi) is 2.52. The zero-order valence-electron chi connectivity index (χ0n) is 9.36. The fourth-order valence-electron chi connectivity index (χ4n) is 1.51. The molecule has 18 heavy (non-hydrogen) atoms. The van der Waals surface area contributed by atoms with Crippen LogP contribution in [0.2, 0.25) is 0 Å². The molecular weight excluding hydrogens is 252 g/mol. The van der Waals surface area contributed by atoms with Gasteiger partial charge < -0.3 is 9.63 Å². The number of hydrogen-bond donors (Lipinski definition) is 1. The van der Waals surface area contributed by atoms with Gasteiger partial charge in [-0.05, 0) is 30.6 Å². The largest absolute Gasteiger partial charge is 0.508 e. The summed E-state index contributed by atoms with van der Waals surface area (Å²) in [5.74, 6) is 0.976. The first-order chi connectivity index (χ1) is 8.74. The fraction of sp³-hybridized carbons (Fsp3) is 0.0909. The minimum absolute atomic E-state index is 0.162. The van der Waals surface area contributed by atoms with Gasteiger partial charge in [-0.25, -0.2) is 0 Å². The van der Waals surface area contributed by atoms with Crippen LogP contribution >= 0.6 is 11.5 Å². The third-order valence-corrected chi connectivity index (χ3v) is 3.19. The summed E-state index contributed by atoms with van der Waals surface area (Å²) in [4.78, 5) is 5.02. The topological polar surface area (TPSA) is 84.9 Å². The SMILES string of the molecule is Cc1nnsc1-c1nc(-c2cccc(O)c2)no1. The second-order valence-corrected chi connectivity index (χ2v) is 4.42. The van der Waals surface area contributed by atoms with Gasteiger partial charge >= 0.3 is 0 Å². The molecule has 2 heterocycles. The van der Waals surface area contributed by atoms with Crippen LogP contribution in [0.5, 0.6) is 5.75 Å². The molecule has 0 unspecified atom stereocenters. The molecule has 0 atom stereocenters. The molecule has 3 aromatic rings. The van der Waals surface area contributed by atoms with E-state index in [1.807, 2.05) is 6.92 Å². The lowest BCUT2D eigenvalue weighted by molar-refractivity contribution is 0.433. The van der Waals surface area contributed by atoms with Crippen molar-refractivity contribution in [2.45, 2.75) is 6.92 Å². The zero-order valence-corrected chi connectivity index (χ0v) is 10.2. The lowest BCUT2D eigenvalue weighted by Crippen LogP contribution is -1.81. The average Bonchev–Trinajstić information content (AvgIpc) is 2.97. The summed E-state index contributed by atoms with van der Waals surface area (Å²) in [6, 6.07) is 6.68. The van der Waals surface area contributed by atoms with E-state index in [4.69, 9.17) is 4.52 Å². The van der Waals surface area contributed by atoms with Crippen molar-refractivity contribution < 1.29 is 9.63 Å². The van der Waals surface area contributed by atoms with Gasteiger partial charge in [0.15, 0.2) is 0 Å². The Morgan fingerprint density at radius 1 is 1.33 bits per heavy atom.